The molecule has 0 aliphatic heterocycles. The summed E-state index contributed by atoms with van der Waals surface area (Å²) in [5.41, 5.74) is 1.04. The summed E-state index contributed by atoms with van der Waals surface area (Å²) in [4.78, 5) is 14.6. The Morgan fingerprint density at radius 3 is 2.59 bits per heavy atom. The Bertz CT molecular complexity index is 568. The molecule has 17 heavy (non-hydrogen) atoms. The Kier molecular flexibility index (Phi) is 3.76. The van der Waals surface area contributed by atoms with Crippen molar-refractivity contribution < 1.29 is 4.79 Å². The quantitative estimate of drug-likeness (QED) is 0.843. The average molecular weight is 334 g/mol. The molecule has 0 saturated heterocycles. The van der Waals surface area contributed by atoms with Gasteiger partial charge in [0.2, 0.25) is 0 Å². The van der Waals surface area contributed by atoms with Crippen molar-refractivity contribution in [3.05, 3.63) is 50.7 Å². The molecule has 1 aromatic carbocycles. The van der Waals surface area contributed by atoms with E-state index in [1.54, 1.807) is 30.5 Å². The number of hydrogen-bond donors (Lipinski definition) is 2. The van der Waals surface area contributed by atoms with Crippen LogP contribution >= 0.6 is 39.1 Å². The number of halogens is 3. The van der Waals surface area contributed by atoms with Crippen LogP contribution in [0.15, 0.2) is 34.9 Å². The molecular weight excluding hydrogens is 327 g/mol. The van der Waals surface area contributed by atoms with Crippen molar-refractivity contribution in [2.75, 3.05) is 5.32 Å². The van der Waals surface area contributed by atoms with E-state index in [0.717, 1.165) is 4.47 Å². The van der Waals surface area contributed by atoms with Gasteiger partial charge in [0, 0.05) is 15.7 Å². The van der Waals surface area contributed by atoms with Crippen molar-refractivity contribution in [1.82, 2.24) is 4.98 Å². The first-order chi connectivity index (χ1) is 8.06. The number of benzene rings is 1. The van der Waals surface area contributed by atoms with Gasteiger partial charge in [-0.3, -0.25) is 4.79 Å². The van der Waals surface area contributed by atoms with Gasteiger partial charge in [-0.05, 0) is 40.2 Å². The average Bonchev–Trinajstić information content (AvgIpc) is 2.69. The van der Waals surface area contributed by atoms with E-state index in [4.69, 9.17) is 23.2 Å². The number of anilines is 1. The third-order valence-electron chi connectivity index (χ3n) is 2.07. The van der Waals surface area contributed by atoms with Gasteiger partial charge in [-0.25, -0.2) is 0 Å². The highest BCUT2D eigenvalue weighted by Gasteiger charge is 2.10. The van der Waals surface area contributed by atoms with Crippen LogP contribution in [0, 0.1) is 0 Å². The zero-order valence-corrected chi connectivity index (χ0v) is 11.5. The SMILES string of the molecule is O=C(Nc1ccc(Cl)cc1Br)c1cc(Cl)c[nH]1. The molecule has 0 atom stereocenters. The Morgan fingerprint density at radius 2 is 2.00 bits per heavy atom. The summed E-state index contributed by atoms with van der Waals surface area (Å²) >= 11 is 14.8. The van der Waals surface area contributed by atoms with Gasteiger partial charge in [0.05, 0.1) is 10.7 Å². The van der Waals surface area contributed by atoms with Crippen LogP contribution in [0.25, 0.3) is 0 Å². The lowest BCUT2D eigenvalue weighted by atomic mass is 10.3. The molecule has 88 valence electrons. The molecule has 2 N–H and O–H groups in total. The third kappa shape index (κ3) is 3.03. The normalized spacial score (nSPS) is 10.3. The van der Waals surface area contributed by atoms with Gasteiger partial charge in [0.25, 0.3) is 5.91 Å². The predicted molar refractivity (Wildman–Crippen MR) is 72.9 cm³/mol. The zero-order valence-electron chi connectivity index (χ0n) is 8.43. The predicted octanol–water partition coefficient (Wildman–Crippen LogP) is 4.34. The molecule has 2 rings (SSSR count). The van der Waals surface area contributed by atoms with Crippen LogP contribution in [-0.2, 0) is 0 Å². The lowest BCUT2D eigenvalue weighted by Gasteiger charge is -2.06. The highest BCUT2D eigenvalue weighted by Crippen LogP contribution is 2.26. The molecule has 1 heterocycles. The van der Waals surface area contributed by atoms with E-state index in [1.807, 2.05) is 0 Å². The maximum atomic E-state index is 11.8. The number of carbonyl (C=O) groups is 1. The first-order valence-corrected chi connectivity index (χ1v) is 6.21. The molecule has 1 amide bonds. The summed E-state index contributed by atoms with van der Waals surface area (Å²) in [6.07, 6.45) is 1.55. The minimum atomic E-state index is -0.264. The fourth-order valence-electron chi connectivity index (χ4n) is 1.28. The van der Waals surface area contributed by atoms with Crippen molar-refractivity contribution >= 4 is 50.7 Å². The van der Waals surface area contributed by atoms with E-state index < -0.39 is 0 Å². The van der Waals surface area contributed by atoms with E-state index in [9.17, 15) is 4.79 Å². The smallest absolute Gasteiger partial charge is 0.272 e. The molecule has 0 saturated carbocycles. The fraction of sp³-hybridized carbons (Fsp3) is 0. The van der Waals surface area contributed by atoms with Gasteiger partial charge in [-0.15, -0.1) is 0 Å². The molecule has 0 unspecified atom stereocenters. The van der Waals surface area contributed by atoms with E-state index >= 15 is 0 Å². The summed E-state index contributed by atoms with van der Waals surface area (Å²) in [7, 11) is 0. The molecular formula is C11H7BrCl2N2O. The fourth-order valence-corrected chi connectivity index (χ4v) is 2.22. The lowest BCUT2D eigenvalue weighted by molar-refractivity contribution is 0.102. The van der Waals surface area contributed by atoms with Crippen LogP contribution in [0.4, 0.5) is 5.69 Å². The Balaban J connectivity index is 2.18. The van der Waals surface area contributed by atoms with Gasteiger partial charge in [0.15, 0.2) is 0 Å². The van der Waals surface area contributed by atoms with Crippen LogP contribution in [0.3, 0.4) is 0 Å². The first kappa shape index (κ1) is 12.5. The van der Waals surface area contributed by atoms with E-state index in [-0.39, 0.29) is 5.91 Å². The van der Waals surface area contributed by atoms with Gasteiger partial charge >= 0.3 is 0 Å². The van der Waals surface area contributed by atoms with Crippen LogP contribution in [0.5, 0.6) is 0 Å². The monoisotopic (exact) mass is 332 g/mol. The Labute approximate surface area is 116 Å². The lowest BCUT2D eigenvalue weighted by Crippen LogP contribution is -2.12. The molecule has 3 nitrogen and oxygen atoms in total. The molecule has 0 radical (unpaired) electrons. The van der Waals surface area contributed by atoms with Crippen molar-refractivity contribution in [3.8, 4) is 0 Å². The molecule has 0 aliphatic carbocycles. The van der Waals surface area contributed by atoms with Crippen molar-refractivity contribution in [3.63, 3.8) is 0 Å². The number of nitrogens with one attached hydrogen (secondary N) is 2. The standard InChI is InChI=1S/C11H7BrCl2N2O/c12-8-3-6(13)1-2-9(8)16-11(17)10-4-7(14)5-15-10/h1-5,15H,(H,16,17). The number of carbonyl (C=O) groups excluding carboxylic acids is 1. The second kappa shape index (κ2) is 5.12. The Morgan fingerprint density at radius 1 is 1.24 bits per heavy atom. The Hall–Kier alpha value is -0.970. The second-order valence-electron chi connectivity index (χ2n) is 3.31. The maximum absolute atomic E-state index is 11.8. The zero-order chi connectivity index (χ0) is 12.4. The van der Waals surface area contributed by atoms with Gasteiger partial charge in [-0.2, -0.15) is 0 Å². The summed E-state index contributed by atoms with van der Waals surface area (Å²) in [5, 5.41) is 3.82. The molecule has 0 fully saturated rings. The van der Waals surface area contributed by atoms with Gasteiger partial charge in [-0.1, -0.05) is 23.2 Å². The molecule has 2 aromatic rings. The number of aromatic amines is 1. The number of rotatable bonds is 2. The van der Waals surface area contributed by atoms with Crippen molar-refractivity contribution in [1.29, 1.82) is 0 Å². The van der Waals surface area contributed by atoms with Crippen molar-refractivity contribution in [2.24, 2.45) is 0 Å². The molecule has 0 aliphatic rings. The number of aromatic nitrogens is 1. The molecule has 0 spiro atoms. The maximum Gasteiger partial charge on any atom is 0.272 e. The summed E-state index contributed by atoms with van der Waals surface area (Å²) < 4.78 is 0.719. The largest absolute Gasteiger partial charge is 0.356 e. The number of H-pyrrole nitrogens is 1. The van der Waals surface area contributed by atoms with Crippen LogP contribution in [-0.4, -0.2) is 10.9 Å². The molecule has 0 bridgehead atoms. The van der Waals surface area contributed by atoms with Crippen LogP contribution < -0.4 is 5.32 Å². The topological polar surface area (TPSA) is 44.9 Å². The van der Waals surface area contributed by atoms with Gasteiger partial charge in [0.1, 0.15) is 5.69 Å². The minimum absolute atomic E-state index is 0.264. The van der Waals surface area contributed by atoms with E-state index in [2.05, 4.69) is 26.2 Å². The van der Waals surface area contributed by atoms with Crippen molar-refractivity contribution in [2.45, 2.75) is 0 Å². The van der Waals surface area contributed by atoms with Crippen LogP contribution in [0.1, 0.15) is 10.5 Å². The third-order valence-corrected chi connectivity index (χ3v) is 3.18. The van der Waals surface area contributed by atoms with E-state index in [1.165, 1.54) is 0 Å². The number of amides is 1. The first-order valence-electron chi connectivity index (χ1n) is 4.66. The molecule has 6 heteroatoms. The molecule has 1 aromatic heterocycles. The van der Waals surface area contributed by atoms with Gasteiger partial charge < -0.3 is 10.3 Å². The number of hydrogen-bond acceptors (Lipinski definition) is 1. The highest BCUT2D eigenvalue weighted by atomic mass is 79.9. The summed E-state index contributed by atoms with van der Waals surface area (Å²) in [6, 6.07) is 6.68. The van der Waals surface area contributed by atoms with E-state index in [0.29, 0.717) is 21.4 Å². The van der Waals surface area contributed by atoms with Crippen LogP contribution in [0.2, 0.25) is 10.0 Å². The minimum Gasteiger partial charge on any atom is -0.356 e. The second-order valence-corrected chi connectivity index (χ2v) is 5.04. The summed E-state index contributed by atoms with van der Waals surface area (Å²) in [5.74, 6) is -0.264. The summed E-state index contributed by atoms with van der Waals surface area (Å²) in [6.45, 7) is 0. The highest BCUT2D eigenvalue weighted by molar-refractivity contribution is 9.10.